The van der Waals surface area contributed by atoms with Gasteiger partial charge in [-0.15, -0.1) is 0 Å². The SMILES string of the molecule is Cc1cc(C)c(C(=O)CN(C)CC(C)(C)C)cc1C. The molecule has 0 aliphatic carbocycles. The van der Waals surface area contributed by atoms with Crippen molar-refractivity contribution in [2.24, 2.45) is 5.41 Å². The number of aryl methyl sites for hydroxylation is 3. The molecule has 0 aliphatic rings. The normalized spacial score (nSPS) is 12.0. The summed E-state index contributed by atoms with van der Waals surface area (Å²) in [6.07, 6.45) is 0. The molecule has 1 aromatic rings. The fraction of sp³-hybridized carbons (Fsp3) is 0.588. The Labute approximate surface area is 117 Å². The summed E-state index contributed by atoms with van der Waals surface area (Å²) in [7, 11) is 2.01. The Balaban J connectivity index is 2.82. The van der Waals surface area contributed by atoms with E-state index in [4.69, 9.17) is 0 Å². The van der Waals surface area contributed by atoms with E-state index in [-0.39, 0.29) is 11.2 Å². The molecule has 106 valence electrons. The van der Waals surface area contributed by atoms with Crippen LogP contribution in [0.25, 0.3) is 0 Å². The number of Topliss-reactive ketones (excluding diaryl/α,β-unsaturated/α-hetero) is 1. The quantitative estimate of drug-likeness (QED) is 0.769. The third-order valence-electron chi connectivity index (χ3n) is 3.30. The van der Waals surface area contributed by atoms with E-state index < -0.39 is 0 Å². The molecule has 0 heterocycles. The minimum absolute atomic E-state index is 0.215. The molecule has 0 amide bonds. The van der Waals surface area contributed by atoms with Crippen LogP contribution in [0, 0.1) is 26.2 Å². The first-order valence-corrected chi connectivity index (χ1v) is 6.90. The Morgan fingerprint density at radius 2 is 1.58 bits per heavy atom. The van der Waals surface area contributed by atoms with Gasteiger partial charge in [0.15, 0.2) is 5.78 Å². The molecule has 0 bridgehead atoms. The van der Waals surface area contributed by atoms with Crippen molar-refractivity contribution in [1.29, 1.82) is 0 Å². The Morgan fingerprint density at radius 3 is 2.11 bits per heavy atom. The maximum Gasteiger partial charge on any atom is 0.177 e. The lowest BCUT2D eigenvalue weighted by Crippen LogP contribution is -2.33. The number of likely N-dealkylation sites (N-methyl/N-ethyl adjacent to an activating group) is 1. The molecule has 1 rings (SSSR count). The lowest BCUT2D eigenvalue weighted by atomic mass is 9.95. The van der Waals surface area contributed by atoms with E-state index in [1.165, 1.54) is 11.1 Å². The molecule has 1 aromatic carbocycles. The molecule has 19 heavy (non-hydrogen) atoms. The van der Waals surface area contributed by atoms with Gasteiger partial charge in [0.05, 0.1) is 6.54 Å². The average molecular weight is 261 g/mol. The Bertz CT molecular complexity index is 469. The third kappa shape index (κ3) is 4.79. The van der Waals surface area contributed by atoms with Gasteiger partial charge >= 0.3 is 0 Å². The van der Waals surface area contributed by atoms with Crippen LogP contribution < -0.4 is 0 Å². The van der Waals surface area contributed by atoms with Crippen molar-refractivity contribution in [2.75, 3.05) is 20.1 Å². The number of hydrogen-bond donors (Lipinski definition) is 0. The molecule has 0 N–H and O–H groups in total. The first kappa shape index (κ1) is 15.9. The maximum absolute atomic E-state index is 12.4. The second-order valence-electron chi connectivity index (χ2n) is 6.91. The zero-order valence-electron chi connectivity index (χ0n) is 13.4. The van der Waals surface area contributed by atoms with Gasteiger partial charge in [0, 0.05) is 12.1 Å². The molecule has 0 spiro atoms. The summed E-state index contributed by atoms with van der Waals surface area (Å²) in [5, 5.41) is 0. The molecule has 0 aromatic heterocycles. The molecular weight excluding hydrogens is 234 g/mol. The van der Waals surface area contributed by atoms with Crippen LogP contribution in [-0.2, 0) is 0 Å². The van der Waals surface area contributed by atoms with Gasteiger partial charge in [0.2, 0.25) is 0 Å². The van der Waals surface area contributed by atoms with E-state index in [0.717, 1.165) is 17.7 Å². The minimum Gasteiger partial charge on any atom is -0.298 e. The molecule has 0 atom stereocenters. The molecule has 0 saturated carbocycles. The molecule has 0 aliphatic heterocycles. The number of nitrogens with zero attached hydrogens (tertiary/aromatic N) is 1. The Hall–Kier alpha value is -1.15. The summed E-state index contributed by atoms with van der Waals surface area (Å²) in [6, 6.07) is 4.13. The average Bonchev–Trinajstić information content (AvgIpc) is 2.20. The van der Waals surface area contributed by atoms with Gasteiger partial charge in [-0.3, -0.25) is 9.69 Å². The monoisotopic (exact) mass is 261 g/mol. The van der Waals surface area contributed by atoms with Crippen molar-refractivity contribution >= 4 is 5.78 Å². The van der Waals surface area contributed by atoms with Crippen LogP contribution in [0.3, 0.4) is 0 Å². The van der Waals surface area contributed by atoms with Gasteiger partial charge in [0.25, 0.3) is 0 Å². The largest absolute Gasteiger partial charge is 0.298 e. The van der Waals surface area contributed by atoms with Crippen molar-refractivity contribution in [1.82, 2.24) is 4.90 Å². The summed E-state index contributed by atoms with van der Waals surface area (Å²) in [6.45, 7) is 14.1. The second kappa shape index (κ2) is 5.87. The van der Waals surface area contributed by atoms with Crippen molar-refractivity contribution in [3.05, 3.63) is 34.4 Å². The Kier molecular flexibility index (Phi) is 4.92. The number of carbonyl (C=O) groups excluding carboxylic acids is 1. The fourth-order valence-electron chi connectivity index (χ4n) is 2.46. The number of carbonyl (C=O) groups is 1. The van der Waals surface area contributed by atoms with E-state index >= 15 is 0 Å². The third-order valence-corrected chi connectivity index (χ3v) is 3.30. The van der Waals surface area contributed by atoms with Gasteiger partial charge in [-0.05, 0) is 56.0 Å². The fourth-order valence-corrected chi connectivity index (χ4v) is 2.46. The number of benzene rings is 1. The maximum atomic E-state index is 12.4. The van der Waals surface area contributed by atoms with Crippen molar-refractivity contribution in [3.8, 4) is 0 Å². The highest BCUT2D eigenvalue weighted by Crippen LogP contribution is 2.18. The van der Waals surface area contributed by atoms with Gasteiger partial charge in [-0.2, -0.15) is 0 Å². The predicted molar refractivity (Wildman–Crippen MR) is 81.9 cm³/mol. The second-order valence-corrected chi connectivity index (χ2v) is 6.91. The van der Waals surface area contributed by atoms with E-state index in [2.05, 4.69) is 45.6 Å². The van der Waals surface area contributed by atoms with Crippen LogP contribution in [0.15, 0.2) is 12.1 Å². The van der Waals surface area contributed by atoms with E-state index in [1.54, 1.807) is 0 Å². The highest BCUT2D eigenvalue weighted by molar-refractivity contribution is 5.99. The van der Waals surface area contributed by atoms with Crippen LogP contribution >= 0.6 is 0 Å². The van der Waals surface area contributed by atoms with Gasteiger partial charge in [-0.25, -0.2) is 0 Å². The standard InChI is InChI=1S/C17H27NO/c1-12-8-14(3)15(9-13(12)2)16(19)10-18(7)11-17(4,5)6/h8-9H,10-11H2,1-7H3. The molecule has 0 fully saturated rings. The van der Waals surface area contributed by atoms with Gasteiger partial charge < -0.3 is 0 Å². The molecular formula is C17H27NO. The van der Waals surface area contributed by atoms with Crippen LogP contribution in [-0.4, -0.2) is 30.8 Å². The zero-order chi connectivity index (χ0) is 14.8. The lowest BCUT2D eigenvalue weighted by molar-refractivity contribution is 0.0926. The van der Waals surface area contributed by atoms with Crippen LogP contribution in [0.5, 0.6) is 0 Å². The molecule has 2 nitrogen and oxygen atoms in total. The number of ketones is 1. The summed E-state index contributed by atoms with van der Waals surface area (Å²) in [4.78, 5) is 14.5. The van der Waals surface area contributed by atoms with Crippen LogP contribution in [0.1, 0.15) is 47.8 Å². The number of rotatable bonds is 4. The highest BCUT2D eigenvalue weighted by atomic mass is 16.1. The van der Waals surface area contributed by atoms with Gasteiger partial charge in [0.1, 0.15) is 0 Å². The van der Waals surface area contributed by atoms with Crippen molar-refractivity contribution < 1.29 is 4.79 Å². The minimum atomic E-state index is 0.215. The van der Waals surface area contributed by atoms with E-state index in [1.807, 2.05) is 20.0 Å². The summed E-state index contributed by atoms with van der Waals surface area (Å²) in [5.41, 5.74) is 4.60. The first-order chi connectivity index (χ1) is 8.60. The number of hydrogen-bond acceptors (Lipinski definition) is 2. The summed E-state index contributed by atoms with van der Waals surface area (Å²) >= 11 is 0. The topological polar surface area (TPSA) is 20.3 Å². The van der Waals surface area contributed by atoms with Crippen LogP contribution in [0.4, 0.5) is 0 Å². The summed E-state index contributed by atoms with van der Waals surface area (Å²) < 4.78 is 0. The first-order valence-electron chi connectivity index (χ1n) is 6.90. The molecule has 2 heteroatoms. The molecule has 0 saturated heterocycles. The predicted octanol–water partition coefficient (Wildman–Crippen LogP) is 3.77. The van der Waals surface area contributed by atoms with Crippen molar-refractivity contribution in [2.45, 2.75) is 41.5 Å². The highest BCUT2D eigenvalue weighted by Gasteiger charge is 2.17. The Morgan fingerprint density at radius 1 is 1.05 bits per heavy atom. The molecule has 0 radical (unpaired) electrons. The van der Waals surface area contributed by atoms with E-state index in [0.29, 0.717) is 6.54 Å². The van der Waals surface area contributed by atoms with Crippen LogP contribution in [0.2, 0.25) is 0 Å². The zero-order valence-corrected chi connectivity index (χ0v) is 13.4. The van der Waals surface area contributed by atoms with Gasteiger partial charge in [-0.1, -0.05) is 26.8 Å². The summed E-state index contributed by atoms with van der Waals surface area (Å²) in [5.74, 6) is 0.215. The lowest BCUT2D eigenvalue weighted by Gasteiger charge is -2.26. The van der Waals surface area contributed by atoms with Crippen molar-refractivity contribution in [3.63, 3.8) is 0 Å². The molecule has 0 unspecified atom stereocenters. The van der Waals surface area contributed by atoms with E-state index in [9.17, 15) is 4.79 Å². The smallest absolute Gasteiger partial charge is 0.177 e.